The van der Waals surface area contributed by atoms with E-state index in [1.165, 1.54) is 12.1 Å². The van der Waals surface area contributed by atoms with Crippen LogP contribution in [-0.4, -0.2) is 152 Å². The fourth-order valence-electron chi connectivity index (χ4n) is 7.98. The molecule has 19 heteroatoms. The number of rotatable bonds is 15. The molecule has 4 aliphatic rings. The first-order valence-corrected chi connectivity index (χ1v) is 19.7. The molecule has 0 aliphatic carbocycles. The maximum absolute atomic E-state index is 13.1. The molecule has 19 nitrogen and oxygen atoms in total. The summed E-state index contributed by atoms with van der Waals surface area (Å²) in [6.07, 6.45) is -13.6. The lowest BCUT2D eigenvalue weighted by Crippen LogP contribution is -2.64. The Bertz CT molecular complexity index is 1940. The highest BCUT2D eigenvalue weighted by Gasteiger charge is 2.52. The van der Waals surface area contributed by atoms with E-state index in [1.807, 2.05) is 6.07 Å². The van der Waals surface area contributed by atoms with E-state index < -0.39 is 80.2 Å². The number of unbranched alkanes of at least 4 members (excludes halogenated alkanes) is 2. The number of phenolic OH excluding ortho intramolecular Hbond substituents is 2. The van der Waals surface area contributed by atoms with E-state index in [0.717, 1.165) is 11.1 Å². The zero-order valence-corrected chi connectivity index (χ0v) is 32.3. The Kier molecular flexibility index (Phi) is 13.5. The van der Waals surface area contributed by atoms with Crippen molar-refractivity contribution >= 4 is 11.8 Å². The number of ether oxygens (including phenoxy) is 6. The second-order valence-corrected chi connectivity index (χ2v) is 15.1. The molecule has 7 rings (SSSR count). The summed E-state index contributed by atoms with van der Waals surface area (Å²) in [6.45, 7) is -0.906. The van der Waals surface area contributed by atoms with Gasteiger partial charge >= 0.3 is 0 Å². The van der Waals surface area contributed by atoms with Crippen molar-refractivity contribution in [2.75, 3.05) is 32.9 Å². The Morgan fingerprint density at radius 1 is 0.700 bits per heavy atom. The summed E-state index contributed by atoms with van der Waals surface area (Å²) in [5, 5.41) is 96.9. The van der Waals surface area contributed by atoms with Crippen LogP contribution in [0.5, 0.6) is 23.0 Å². The number of aliphatic hydroxyl groups is 7. The first-order valence-electron chi connectivity index (χ1n) is 19.7. The second-order valence-electron chi connectivity index (χ2n) is 15.1. The lowest BCUT2D eigenvalue weighted by molar-refractivity contribution is -0.359. The molecule has 0 aromatic heterocycles. The second kappa shape index (κ2) is 18.6. The van der Waals surface area contributed by atoms with Gasteiger partial charge in [-0.3, -0.25) is 9.59 Å². The Labute approximate surface area is 343 Å². The zero-order valence-electron chi connectivity index (χ0n) is 32.3. The smallest absolute Gasteiger partial charge is 0.251 e. The number of nitrogens with one attached hydrogen (secondary N) is 2. The van der Waals surface area contributed by atoms with E-state index in [0.29, 0.717) is 54.0 Å². The number of aromatic hydroxyl groups is 2. The molecular formula is C41H50N2O17. The van der Waals surface area contributed by atoms with Gasteiger partial charge in [0.05, 0.1) is 26.4 Å². The maximum Gasteiger partial charge on any atom is 0.251 e. The van der Waals surface area contributed by atoms with Gasteiger partial charge in [-0.1, -0.05) is 12.5 Å². The third kappa shape index (κ3) is 8.67. The topological polar surface area (TPSA) is 296 Å². The number of hydrogen-bond donors (Lipinski definition) is 11. The molecule has 3 aromatic rings. The average molecular weight is 843 g/mol. The van der Waals surface area contributed by atoms with Crippen LogP contribution in [0.2, 0.25) is 0 Å². The molecule has 2 fully saturated rings. The van der Waals surface area contributed by atoms with Crippen LogP contribution in [0.1, 0.15) is 58.3 Å². The Hall–Kier alpha value is -4.48. The minimum absolute atomic E-state index is 0.0162. The standard InChI is InChI=1S/C41H50N2O17/c44-17-29-32(49)33(50)35(52)40(58-29)60-37-30(18-45)59-39(36(53)34(37)51)55-13-12-42-31(48)4-2-1-3-11-43-38(54)20-5-8-24-21(14-20)19-56-41(24)25-9-6-22(46)15-27(25)57-28-16-23(47)7-10-26(28)41/h5-10,14-16,29-30,32-37,39-40,44-47,49-53H,1-4,11-13,17-19H2,(H,42,48)(H,43,54)/t29-,30-,32+,33+,34-,35-,36-,37+,39-,40-/m1/s1. The molecule has 2 amide bonds. The minimum atomic E-state index is -1.78. The van der Waals surface area contributed by atoms with Crippen molar-refractivity contribution < 1.29 is 84.0 Å². The number of phenols is 2. The number of hydrogen-bond acceptors (Lipinski definition) is 17. The van der Waals surface area contributed by atoms with Crippen LogP contribution in [0.3, 0.4) is 0 Å². The zero-order chi connectivity index (χ0) is 42.7. The predicted molar refractivity (Wildman–Crippen MR) is 204 cm³/mol. The van der Waals surface area contributed by atoms with Gasteiger partial charge in [0, 0.05) is 48.3 Å². The van der Waals surface area contributed by atoms with Crippen LogP contribution >= 0.6 is 0 Å². The summed E-state index contributed by atoms with van der Waals surface area (Å²) in [7, 11) is 0. The summed E-state index contributed by atoms with van der Waals surface area (Å²) in [5.74, 6) is 0.297. The van der Waals surface area contributed by atoms with Gasteiger partial charge < -0.3 is 85.0 Å². The number of carbonyl (C=O) groups excluding carboxylic acids is 2. The molecule has 4 heterocycles. The van der Waals surface area contributed by atoms with Gasteiger partial charge in [0.1, 0.15) is 71.8 Å². The molecule has 1 spiro atoms. The molecule has 0 unspecified atom stereocenters. The lowest BCUT2D eigenvalue weighted by Gasteiger charge is -2.45. The molecule has 2 saturated heterocycles. The number of fused-ring (bicyclic) bond motifs is 6. The van der Waals surface area contributed by atoms with E-state index >= 15 is 0 Å². The Morgan fingerprint density at radius 2 is 1.35 bits per heavy atom. The van der Waals surface area contributed by atoms with Crippen LogP contribution in [0.4, 0.5) is 0 Å². The molecule has 0 radical (unpaired) electrons. The van der Waals surface area contributed by atoms with E-state index in [-0.39, 0.29) is 49.5 Å². The van der Waals surface area contributed by atoms with E-state index in [9.17, 15) is 55.5 Å². The van der Waals surface area contributed by atoms with Gasteiger partial charge in [0.25, 0.3) is 5.91 Å². The summed E-state index contributed by atoms with van der Waals surface area (Å²) in [6, 6.07) is 14.9. The highest BCUT2D eigenvalue weighted by atomic mass is 16.7. The van der Waals surface area contributed by atoms with Gasteiger partial charge in [-0.05, 0) is 60.4 Å². The van der Waals surface area contributed by atoms with Crippen LogP contribution in [0, 0.1) is 0 Å². The molecule has 326 valence electrons. The fraction of sp³-hybridized carbons (Fsp3) is 0.512. The van der Waals surface area contributed by atoms with Crippen LogP contribution in [-0.2, 0) is 40.7 Å². The Morgan fingerprint density at radius 3 is 2.03 bits per heavy atom. The number of benzene rings is 3. The number of carbonyl (C=O) groups is 2. The van der Waals surface area contributed by atoms with Crippen molar-refractivity contribution in [3.8, 4) is 23.0 Å². The van der Waals surface area contributed by atoms with Crippen molar-refractivity contribution in [3.05, 3.63) is 82.4 Å². The van der Waals surface area contributed by atoms with Gasteiger partial charge in [0.2, 0.25) is 5.91 Å². The minimum Gasteiger partial charge on any atom is -0.508 e. The molecule has 11 N–H and O–H groups in total. The summed E-state index contributed by atoms with van der Waals surface area (Å²) in [5.41, 5.74) is 2.37. The Balaban J connectivity index is 0.814. The fourth-order valence-corrected chi connectivity index (χ4v) is 7.98. The summed E-state index contributed by atoms with van der Waals surface area (Å²) < 4.78 is 34.4. The highest BCUT2D eigenvalue weighted by molar-refractivity contribution is 5.94. The number of aliphatic hydroxyl groups excluding tert-OH is 7. The molecule has 4 aliphatic heterocycles. The van der Waals surface area contributed by atoms with Crippen molar-refractivity contribution in [2.45, 2.75) is 99.3 Å². The molecular weight excluding hydrogens is 792 g/mol. The SMILES string of the molecule is O=C(CCCCCNC(=O)c1ccc2c(c1)COC21c2ccc(O)cc2Oc2cc(O)ccc21)NCCO[C@@H]1O[C@H](CO)[C@H](O[C@H]2O[C@H](CO)[C@H](O)[C@H](O)[C@H]2O)[C@H](O)[C@H]1O. The van der Waals surface area contributed by atoms with Crippen LogP contribution < -0.4 is 15.4 Å². The van der Waals surface area contributed by atoms with Gasteiger partial charge in [-0.15, -0.1) is 0 Å². The van der Waals surface area contributed by atoms with E-state index in [2.05, 4.69) is 10.6 Å². The van der Waals surface area contributed by atoms with Crippen molar-refractivity contribution in [3.63, 3.8) is 0 Å². The maximum atomic E-state index is 13.1. The van der Waals surface area contributed by atoms with Gasteiger partial charge in [-0.2, -0.15) is 0 Å². The monoisotopic (exact) mass is 842 g/mol. The van der Waals surface area contributed by atoms with Crippen molar-refractivity contribution in [1.29, 1.82) is 0 Å². The first kappa shape index (κ1) is 43.6. The largest absolute Gasteiger partial charge is 0.508 e. The van der Waals surface area contributed by atoms with E-state index in [4.69, 9.17) is 28.4 Å². The average Bonchev–Trinajstić information content (AvgIpc) is 3.61. The molecule has 0 bridgehead atoms. The highest BCUT2D eigenvalue weighted by Crippen LogP contribution is 2.57. The third-order valence-corrected chi connectivity index (χ3v) is 11.1. The third-order valence-electron chi connectivity index (χ3n) is 11.1. The molecule has 0 saturated carbocycles. The summed E-state index contributed by atoms with van der Waals surface area (Å²) >= 11 is 0. The molecule has 60 heavy (non-hydrogen) atoms. The van der Waals surface area contributed by atoms with Crippen LogP contribution in [0.25, 0.3) is 0 Å². The quantitative estimate of drug-likeness (QED) is 0.0825. The molecule has 10 atom stereocenters. The van der Waals surface area contributed by atoms with Crippen molar-refractivity contribution in [1.82, 2.24) is 10.6 Å². The summed E-state index contributed by atoms with van der Waals surface area (Å²) in [4.78, 5) is 25.5. The number of amides is 2. The van der Waals surface area contributed by atoms with Gasteiger partial charge in [-0.25, -0.2) is 0 Å². The van der Waals surface area contributed by atoms with Crippen molar-refractivity contribution in [2.24, 2.45) is 0 Å². The normalized spacial score (nSPS) is 28.9. The molecule has 3 aromatic carbocycles. The predicted octanol–water partition coefficient (Wildman–Crippen LogP) is -0.927. The first-order chi connectivity index (χ1) is 28.9. The van der Waals surface area contributed by atoms with Gasteiger partial charge in [0.15, 0.2) is 18.2 Å². The van der Waals surface area contributed by atoms with Crippen LogP contribution in [0.15, 0.2) is 54.6 Å². The lowest BCUT2D eigenvalue weighted by atomic mass is 9.77. The van der Waals surface area contributed by atoms with E-state index in [1.54, 1.807) is 36.4 Å².